The zero-order valence-electron chi connectivity index (χ0n) is 11.8. The molecule has 0 radical (unpaired) electrons. The summed E-state index contributed by atoms with van der Waals surface area (Å²) in [5.74, 6) is 1.79. The molecule has 1 aliphatic carbocycles. The fraction of sp³-hybridized carbons (Fsp3) is 0.571. The molecule has 2 aliphatic rings. The average Bonchev–Trinajstić information content (AvgIpc) is 2.94. The summed E-state index contributed by atoms with van der Waals surface area (Å²) in [5.41, 5.74) is 0.523. The Hall–Kier alpha value is -1.76. The van der Waals surface area contributed by atoms with Crippen LogP contribution >= 0.6 is 11.3 Å². The van der Waals surface area contributed by atoms with Crippen LogP contribution in [0.1, 0.15) is 64.9 Å². The number of thiazole rings is 1. The Morgan fingerprint density at radius 2 is 2.24 bits per heavy atom. The molecule has 1 saturated carbocycles. The predicted octanol–water partition coefficient (Wildman–Crippen LogP) is 2.69. The van der Waals surface area contributed by atoms with Gasteiger partial charge in [0.15, 0.2) is 5.82 Å². The second-order valence-corrected chi connectivity index (χ2v) is 6.74. The first kappa shape index (κ1) is 12.9. The second kappa shape index (κ2) is 4.91. The molecule has 0 N–H and O–H groups in total. The molecule has 1 saturated heterocycles. The number of nitrogens with zero attached hydrogens (tertiary/aromatic N) is 4. The summed E-state index contributed by atoms with van der Waals surface area (Å²) in [6, 6.07) is -0.0734. The number of carbonyl (C=O) groups excluding carboxylic acids is 1. The van der Waals surface area contributed by atoms with Crippen molar-refractivity contribution in [2.45, 2.75) is 44.6 Å². The molecule has 0 aromatic carbocycles. The van der Waals surface area contributed by atoms with Crippen LogP contribution in [-0.2, 0) is 0 Å². The van der Waals surface area contributed by atoms with Gasteiger partial charge in [0.05, 0.1) is 11.0 Å². The Kier molecular flexibility index (Phi) is 3.02. The minimum absolute atomic E-state index is 0.0281. The van der Waals surface area contributed by atoms with Crippen molar-refractivity contribution in [1.29, 1.82) is 0 Å². The Labute approximate surface area is 126 Å². The van der Waals surface area contributed by atoms with Crippen LogP contribution in [0.5, 0.6) is 0 Å². The topological polar surface area (TPSA) is 72.1 Å². The van der Waals surface area contributed by atoms with Gasteiger partial charge in [-0.15, -0.1) is 11.3 Å². The first-order valence-electron chi connectivity index (χ1n) is 7.29. The molecular formula is C14H16N4O2S. The summed E-state index contributed by atoms with van der Waals surface area (Å²) in [4.78, 5) is 23.2. The number of amides is 1. The monoisotopic (exact) mass is 304 g/mol. The molecule has 1 atom stereocenters. The van der Waals surface area contributed by atoms with Gasteiger partial charge in [-0.3, -0.25) is 4.79 Å². The molecule has 2 aromatic heterocycles. The van der Waals surface area contributed by atoms with Crippen LogP contribution in [0.2, 0.25) is 0 Å². The largest absolute Gasteiger partial charge is 0.339 e. The normalized spacial score (nSPS) is 22.0. The Balaban J connectivity index is 1.57. The van der Waals surface area contributed by atoms with Crippen molar-refractivity contribution in [2.75, 3.05) is 6.54 Å². The zero-order chi connectivity index (χ0) is 14.4. The maximum absolute atomic E-state index is 12.6. The summed E-state index contributed by atoms with van der Waals surface area (Å²) >= 11 is 1.50. The third-order valence-electron chi connectivity index (χ3n) is 4.03. The van der Waals surface area contributed by atoms with Gasteiger partial charge in [-0.1, -0.05) is 5.16 Å². The molecule has 4 rings (SSSR count). The van der Waals surface area contributed by atoms with Gasteiger partial charge in [0.1, 0.15) is 5.69 Å². The van der Waals surface area contributed by atoms with Gasteiger partial charge < -0.3 is 9.42 Å². The van der Waals surface area contributed by atoms with E-state index in [-0.39, 0.29) is 11.9 Å². The number of carbonyl (C=O) groups is 1. The maximum Gasteiger partial charge on any atom is 0.273 e. The molecule has 0 bridgehead atoms. The molecule has 0 unspecified atom stereocenters. The Morgan fingerprint density at radius 3 is 2.95 bits per heavy atom. The second-order valence-electron chi connectivity index (χ2n) is 5.67. The lowest BCUT2D eigenvalue weighted by molar-refractivity contribution is 0.0723. The molecule has 2 aromatic rings. The highest BCUT2D eigenvalue weighted by molar-refractivity contribution is 7.09. The van der Waals surface area contributed by atoms with Crippen molar-refractivity contribution in [3.8, 4) is 0 Å². The lowest BCUT2D eigenvalue weighted by atomic mass is 10.2. The van der Waals surface area contributed by atoms with Crippen molar-refractivity contribution in [2.24, 2.45) is 0 Å². The minimum Gasteiger partial charge on any atom is -0.339 e. The Morgan fingerprint density at radius 1 is 1.38 bits per heavy atom. The molecule has 1 aliphatic heterocycles. The number of aromatic nitrogens is 3. The van der Waals surface area contributed by atoms with E-state index in [9.17, 15) is 4.79 Å². The van der Waals surface area contributed by atoms with Crippen molar-refractivity contribution < 1.29 is 9.32 Å². The van der Waals surface area contributed by atoms with Gasteiger partial charge in [-0.25, -0.2) is 4.98 Å². The van der Waals surface area contributed by atoms with Crippen LogP contribution in [0, 0.1) is 6.92 Å². The number of hydrogen-bond donors (Lipinski definition) is 0. The van der Waals surface area contributed by atoms with Crippen LogP contribution in [0.15, 0.2) is 9.90 Å². The van der Waals surface area contributed by atoms with Crippen LogP contribution in [0.3, 0.4) is 0 Å². The highest BCUT2D eigenvalue weighted by Gasteiger charge is 2.36. The maximum atomic E-state index is 12.6. The van der Waals surface area contributed by atoms with Crippen LogP contribution in [-0.4, -0.2) is 32.5 Å². The van der Waals surface area contributed by atoms with Crippen LogP contribution in [0.4, 0.5) is 0 Å². The van der Waals surface area contributed by atoms with Gasteiger partial charge in [0.2, 0.25) is 5.89 Å². The lowest BCUT2D eigenvalue weighted by Gasteiger charge is -2.21. The number of rotatable bonds is 3. The zero-order valence-corrected chi connectivity index (χ0v) is 12.6. The molecular weight excluding hydrogens is 288 g/mol. The number of hydrogen-bond acceptors (Lipinski definition) is 6. The summed E-state index contributed by atoms with van der Waals surface area (Å²) in [5, 5.41) is 6.82. The summed E-state index contributed by atoms with van der Waals surface area (Å²) in [7, 11) is 0. The van der Waals surface area contributed by atoms with Gasteiger partial charge in [0.25, 0.3) is 5.91 Å². The molecule has 110 valence electrons. The van der Waals surface area contributed by atoms with Gasteiger partial charge >= 0.3 is 0 Å². The van der Waals surface area contributed by atoms with E-state index in [0.29, 0.717) is 17.4 Å². The van der Waals surface area contributed by atoms with Gasteiger partial charge in [-0.05, 0) is 32.6 Å². The van der Waals surface area contributed by atoms with Gasteiger partial charge in [0, 0.05) is 17.8 Å². The standard InChI is InChI=1S/C14H16N4O2S/c1-8-15-10(7-21-8)14(19)18-6-2-3-11(18)12-16-13(20-17-12)9-4-5-9/h7,9,11H,2-6H2,1H3/t11-/m0/s1. The van der Waals surface area contributed by atoms with Gasteiger partial charge in [-0.2, -0.15) is 4.98 Å². The lowest BCUT2D eigenvalue weighted by Crippen LogP contribution is -2.31. The fourth-order valence-corrected chi connectivity index (χ4v) is 3.35. The van der Waals surface area contributed by atoms with E-state index >= 15 is 0 Å². The van der Waals surface area contributed by atoms with Crippen LogP contribution in [0.25, 0.3) is 0 Å². The quantitative estimate of drug-likeness (QED) is 0.871. The summed E-state index contributed by atoms with van der Waals surface area (Å²) in [6.45, 7) is 2.64. The molecule has 3 heterocycles. The highest BCUT2D eigenvalue weighted by atomic mass is 32.1. The molecule has 7 heteroatoms. The van der Waals surface area contributed by atoms with E-state index in [2.05, 4.69) is 15.1 Å². The van der Waals surface area contributed by atoms with Crippen LogP contribution < -0.4 is 0 Å². The summed E-state index contributed by atoms with van der Waals surface area (Å²) in [6.07, 6.45) is 4.12. The highest BCUT2D eigenvalue weighted by Crippen LogP contribution is 2.40. The van der Waals surface area contributed by atoms with E-state index in [1.807, 2.05) is 17.2 Å². The van der Waals surface area contributed by atoms with E-state index in [0.717, 1.165) is 43.1 Å². The third kappa shape index (κ3) is 2.35. The molecule has 0 spiro atoms. The molecule has 1 amide bonds. The minimum atomic E-state index is -0.0734. The first-order valence-corrected chi connectivity index (χ1v) is 8.17. The van der Waals surface area contributed by atoms with Crippen molar-refractivity contribution in [3.63, 3.8) is 0 Å². The van der Waals surface area contributed by atoms with E-state index in [1.54, 1.807) is 0 Å². The number of aryl methyl sites for hydroxylation is 1. The molecule has 6 nitrogen and oxygen atoms in total. The van der Waals surface area contributed by atoms with Crippen molar-refractivity contribution in [1.82, 2.24) is 20.0 Å². The first-order chi connectivity index (χ1) is 10.2. The smallest absolute Gasteiger partial charge is 0.273 e. The fourth-order valence-electron chi connectivity index (χ4n) is 2.77. The van der Waals surface area contributed by atoms with E-state index in [4.69, 9.17) is 4.52 Å². The average molecular weight is 304 g/mol. The molecule has 21 heavy (non-hydrogen) atoms. The predicted molar refractivity (Wildman–Crippen MR) is 76.1 cm³/mol. The summed E-state index contributed by atoms with van der Waals surface area (Å²) < 4.78 is 5.33. The SMILES string of the molecule is Cc1nc(C(=O)N2CCC[C@H]2c2noc(C3CC3)n2)cs1. The molecule has 2 fully saturated rings. The third-order valence-corrected chi connectivity index (χ3v) is 4.81. The van der Waals surface area contributed by atoms with E-state index in [1.165, 1.54) is 11.3 Å². The number of likely N-dealkylation sites (tertiary alicyclic amines) is 1. The van der Waals surface area contributed by atoms with Crippen molar-refractivity contribution in [3.05, 3.63) is 27.8 Å². The van der Waals surface area contributed by atoms with E-state index < -0.39 is 0 Å². The Bertz CT molecular complexity index is 676. The van der Waals surface area contributed by atoms with Crippen molar-refractivity contribution >= 4 is 17.2 Å².